The van der Waals surface area contributed by atoms with E-state index < -0.39 is 6.10 Å². The van der Waals surface area contributed by atoms with Crippen molar-refractivity contribution in [3.63, 3.8) is 0 Å². The number of carbonyl (C=O) groups is 2. The minimum atomic E-state index is -0.424. The first-order valence-electron chi connectivity index (χ1n) is 4.01. The number of halogens is 1. The molecule has 0 aliphatic rings. The molecule has 0 radical (unpaired) electrons. The minimum Gasteiger partial charge on any atom is -0.461 e. The summed E-state index contributed by atoms with van der Waals surface area (Å²) in [5.74, 6) is 0.190. The molecular formula is C8H14ClNO3. The van der Waals surface area contributed by atoms with Gasteiger partial charge in [-0.15, -0.1) is 11.6 Å². The van der Waals surface area contributed by atoms with E-state index in [1.54, 1.807) is 0 Å². The van der Waals surface area contributed by atoms with Crippen LogP contribution in [0.4, 0.5) is 0 Å². The van der Waals surface area contributed by atoms with Gasteiger partial charge in [-0.25, -0.2) is 0 Å². The molecule has 5 heteroatoms. The number of carbonyl (C=O) groups excluding carboxylic acids is 2. The van der Waals surface area contributed by atoms with Crippen LogP contribution in [0.25, 0.3) is 0 Å². The van der Waals surface area contributed by atoms with E-state index in [2.05, 4.69) is 4.74 Å². The summed E-state index contributed by atoms with van der Waals surface area (Å²) in [7, 11) is 0. The first kappa shape index (κ1) is 12.2. The average molecular weight is 208 g/mol. The summed E-state index contributed by atoms with van der Waals surface area (Å²) < 4.78 is 4.66. The number of nitrogens with zero attached hydrogens (tertiary/aromatic N) is 1. The quantitative estimate of drug-likeness (QED) is 0.455. The van der Waals surface area contributed by atoms with Crippen LogP contribution < -0.4 is 0 Å². The summed E-state index contributed by atoms with van der Waals surface area (Å²) in [6, 6.07) is 0.0819. The maximum atomic E-state index is 10.5. The van der Waals surface area contributed by atoms with Crippen molar-refractivity contribution in [3.8, 4) is 0 Å². The predicted molar refractivity (Wildman–Crippen MR) is 49.6 cm³/mol. The van der Waals surface area contributed by atoms with E-state index in [9.17, 15) is 9.59 Å². The maximum Gasteiger partial charge on any atom is 0.293 e. The number of rotatable bonds is 7. The van der Waals surface area contributed by atoms with Crippen molar-refractivity contribution in [1.29, 1.82) is 0 Å². The summed E-state index contributed by atoms with van der Waals surface area (Å²) in [5, 5.41) is 0. The van der Waals surface area contributed by atoms with Crippen molar-refractivity contribution in [1.82, 2.24) is 4.90 Å². The van der Waals surface area contributed by atoms with Crippen LogP contribution in [0.3, 0.4) is 0 Å². The molecule has 0 fully saturated rings. The van der Waals surface area contributed by atoms with E-state index in [0.29, 0.717) is 13.0 Å². The van der Waals surface area contributed by atoms with Gasteiger partial charge in [-0.3, -0.25) is 9.59 Å². The predicted octanol–water partition coefficient (Wildman–Crippen LogP) is 0.634. The lowest BCUT2D eigenvalue weighted by Crippen LogP contribution is -2.38. The second-order valence-corrected chi connectivity index (χ2v) is 3.21. The van der Waals surface area contributed by atoms with Crippen molar-refractivity contribution < 1.29 is 14.3 Å². The van der Waals surface area contributed by atoms with E-state index >= 15 is 0 Å². The van der Waals surface area contributed by atoms with Crippen LogP contribution in [0.2, 0.25) is 0 Å². The molecule has 0 aromatic carbocycles. The smallest absolute Gasteiger partial charge is 0.293 e. The van der Waals surface area contributed by atoms with Crippen LogP contribution in [0.5, 0.6) is 0 Å². The molecule has 0 saturated heterocycles. The molecule has 0 heterocycles. The second-order valence-electron chi connectivity index (χ2n) is 2.90. The fraction of sp³-hybridized carbons (Fsp3) is 0.750. The van der Waals surface area contributed by atoms with Gasteiger partial charge in [0.25, 0.3) is 6.47 Å². The van der Waals surface area contributed by atoms with Crippen molar-refractivity contribution in [3.05, 3.63) is 0 Å². The molecular weight excluding hydrogens is 194 g/mol. The summed E-state index contributed by atoms with van der Waals surface area (Å²) >= 11 is 5.53. The number of hydrogen-bond donors (Lipinski definition) is 0. The zero-order chi connectivity index (χ0) is 10.3. The molecule has 1 amide bonds. The Morgan fingerprint density at radius 2 is 2.08 bits per heavy atom. The number of amides is 1. The van der Waals surface area contributed by atoms with Crippen LogP contribution in [-0.4, -0.2) is 42.4 Å². The third-order valence-corrected chi connectivity index (χ3v) is 1.98. The van der Waals surface area contributed by atoms with Crippen molar-refractivity contribution in [2.45, 2.75) is 26.0 Å². The van der Waals surface area contributed by atoms with Crippen LogP contribution >= 0.6 is 11.6 Å². The third-order valence-electron chi connectivity index (χ3n) is 1.63. The van der Waals surface area contributed by atoms with Gasteiger partial charge in [0.05, 0.1) is 12.4 Å². The number of hydrogen-bond acceptors (Lipinski definition) is 3. The molecule has 4 nitrogen and oxygen atoms in total. The van der Waals surface area contributed by atoms with Crippen LogP contribution in [0, 0.1) is 0 Å². The molecule has 0 saturated carbocycles. The zero-order valence-electron chi connectivity index (χ0n) is 7.77. The average Bonchev–Trinajstić information content (AvgIpc) is 2.11. The second kappa shape index (κ2) is 6.71. The van der Waals surface area contributed by atoms with Crippen molar-refractivity contribution in [2.24, 2.45) is 0 Å². The molecule has 0 spiro atoms. The Balaban J connectivity index is 4.01. The largest absolute Gasteiger partial charge is 0.461 e. The van der Waals surface area contributed by atoms with E-state index in [-0.39, 0.29) is 11.9 Å². The van der Waals surface area contributed by atoms with Crippen molar-refractivity contribution in [2.75, 3.05) is 12.4 Å². The topological polar surface area (TPSA) is 46.6 Å². The zero-order valence-corrected chi connectivity index (χ0v) is 8.53. The van der Waals surface area contributed by atoms with Crippen LogP contribution in [0.1, 0.15) is 13.8 Å². The molecule has 1 atom stereocenters. The summed E-state index contributed by atoms with van der Waals surface area (Å²) in [5.41, 5.74) is 0. The molecule has 0 aromatic heterocycles. The normalized spacial score (nSPS) is 12.3. The molecule has 0 bridgehead atoms. The van der Waals surface area contributed by atoms with Gasteiger partial charge in [0.15, 0.2) is 0 Å². The SMILES string of the molecule is CC(C)N(C=O)CC(CCl)OC=O. The summed E-state index contributed by atoms with van der Waals surface area (Å²) in [6.07, 6.45) is 0.296. The fourth-order valence-corrected chi connectivity index (χ4v) is 0.988. The highest BCUT2D eigenvalue weighted by Crippen LogP contribution is 2.01. The highest BCUT2D eigenvalue weighted by Gasteiger charge is 2.14. The lowest BCUT2D eigenvalue weighted by Gasteiger charge is -2.25. The van der Waals surface area contributed by atoms with Gasteiger partial charge < -0.3 is 9.64 Å². The van der Waals surface area contributed by atoms with Gasteiger partial charge in [-0.05, 0) is 13.8 Å². The Hall–Kier alpha value is -0.770. The Kier molecular flexibility index (Phi) is 6.32. The molecule has 0 aromatic rings. The lowest BCUT2D eigenvalue weighted by molar-refractivity contribution is -0.135. The molecule has 0 aliphatic carbocycles. The maximum absolute atomic E-state index is 10.5. The monoisotopic (exact) mass is 207 g/mol. The Morgan fingerprint density at radius 3 is 2.38 bits per heavy atom. The Bertz CT molecular complexity index is 163. The summed E-state index contributed by atoms with van der Waals surface area (Å²) in [4.78, 5) is 22.1. The molecule has 1 unspecified atom stereocenters. The highest BCUT2D eigenvalue weighted by atomic mass is 35.5. The van der Waals surface area contributed by atoms with E-state index in [4.69, 9.17) is 11.6 Å². The van der Waals surface area contributed by atoms with Crippen LogP contribution in [0.15, 0.2) is 0 Å². The van der Waals surface area contributed by atoms with E-state index in [1.807, 2.05) is 13.8 Å². The summed E-state index contributed by atoms with van der Waals surface area (Å²) in [6.45, 7) is 4.43. The molecule has 76 valence electrons. The highest BCUT2D eigenvalue weighted by molar-refractivity contribution is 6.18. The lowest BCUT2D eigenvalue weighted by atomic mass is 10.3. The van der Waals surface area contributed by atoms with Gasteiger partial charge in [0.2, 0.25) is 6.41 Å². The third kappa shape index (κ3) is 4.72. The molecule has 0 N–H and O–H groups in total. The van der Waals surface area contributed by atoms with Gasteiger partial charge >= 0.3 is 0 Å². The van der Waals surface area contributed by atoms with E-state index in [0.717, 1.165) is 6.41 Å². The number of ether oxygens (including phenoxy) is 1. The van der Waals surface area contributed by atoms with E-state index in [1.165, 1.54) is 4.90 Å². The number of alkyl halides is 1. The first-order chi connectivity index (χ1) is 6.15. The van der Waals surface area contributed by atoms with Gasteiger partial charge in [-0.1, -0.05) is 0 Å². The molecule has 13 heavy (non-hydrogen) atoms. The van der Waals surface area contributed by atoms with Gasteiger partial charge in [0.1, 0.15) is 6.10 Å². The molecule has 0 rings (SSSR count). The Morgan fingerprint density at radius 1 is 1.46 bits per heavy atom. The standard InChI is InChI=1S/C8H14ClNO3/c1-7(2)10(5-11)4-8(3-9)13-6-12/h5-8H,3-4H2,1-2H3. The Labute approximate surface area is 82.8 Å². The molecule has 0 aliphatic heterocycles. The fourth-order valence-electron chi connectivity index (χ4n) is 0.817. The minimum absolute atomic E-state index is 0.0819. The first-order valence-corrected chi connectivity index (χ1v) is 4.55. The van der Waals surface area contributed by atoms with Gasteiger partial charge in [0, 0.05) is 6.04 Å². The van der Waals surface area contributed by atoms with Crippen LogP contribution in [-0.2, 0) is 14.3 Å². The van der Waals surface area contributed by atoms with Crippen molar-refractivity contribution >= 4 is 24.5 Å². The van der Waals surface area contributed by atoms with Gasteiger partial charge in [-0.2, -0.15) is 0 Å².